The second kappa shape index (κ2) is 5.17. The largest absolute Gasteiger partial charge is 0.399 e. The number of piperidine rings is 1. The molecule has 1 saturated heterocycles. The van der Waals surface area contributed by atoms with Crippen LogP contribution in [-0.2, 0) is 0 Å². The molecule has 1 fully saturated rings. The van der Waals surface area contributed by atoms with Crippen molar-refractivity contribution in [2.45, 2.75) is 25.3 Å². The Balaban J connectivity index is 2.15. The summed E-state index contributed by atoms with van der Waals surface area (Å²) in [6.45, 7) is 6.00. The molecule has 0 amide bonds. The fourth-order valence-electron chi connectivity index (χ4n) is 2.47. The number of rotatable bonds is 3. The number of nitrogens with two attached hydrogens (primary N) is 1. The van der Waals surface area contributed by atoms with Gasteiger partial charge < -0.3 is 5.73 Å². The van der Waals surface area contributed by atoms with Crippen LogP contribution in [0.1, 0.15) is 30.9 Å². The Bertz CT molecular complexity index is 342. The molecule has 1 atom stereocenters. The van der Waals surface area contributed by atoms with Gasteiger partial charge in [0.05, 0.1) is 0 Å². The summed E-state index contributed by atoms with van der Waals surface area (Å²) in [5, 5.41) is 0. The summed E-state index contributed by atoms with van der Waals surface area (Å²) in [5.41, 5.74) is 7.95. The molecular weight excluding hydrogens is 196 g/mol. The minimum Gasteiger partial charge on any atom is -0.399 e. The third-order valence-electron chi connectivity index (χ3n) is 3.30. The summed E-state index contributed by atoms with van der Waals surface area (Å²) in [6.07, 6.45) is 5.87. The Kier molecular flexibility index (Phi) is 3.62. The van der Waals surface area contributed by atoms with Crippen LogP contribution < -0.4 is 5.73 Å². The Morgan fingerprint density at radius 2 is 2.06 bits per heavy atom. The summed E-state index contributed by atoms with van der Waals surface area (Å²) >= 11 is 0. The lowest BCUT2D eigenvalue weighted by molar-refractivity contribution is 0.166. The molecule has 0 spiro atoms. The van der Waals surface area contributed by atoms with E-state index in [1.165, 1.54) is 31.4 Å². The standard InChI is InChI=1S/C14H20N2/c1-2-10-16-11-4-3-5-14(16)12-6-8-13(15)9-7-12/h2,6-9,14H,1,3-5,10-11,15H2. The summed E-state index contributed by atoms with van der Waals surface area (Å²) in [4.78, 5) is 2.50. The third-order valence-corrected chi connectivity index (χ3v) is 3.30. The second-order valence-corrected chi connectivity index (χ2v) is 4.46. The van der Waals surface area contributed by atoms with Gasteiger partial charge in [-0.3, -0.25) is 4.90 Å². The number of hydrogen-bond donors (Lipinski definition) is 1. The molecule has 1 aromatic rings. The molecule has 2 heteroatoms. The highest BCUT2D eigenvalue weighted by atomic mass is 15.2. The summed E-state index contributed by atoms with van der Waals surface area (Å²) in [5.74, 6) is 0. The smallest absolute Gasteiger partial charge is 0.0351 e. The van der Waals surface area contributed by atoms with Crippen LogP contribution in [0.5, 0.6) is 0 Å². The number of likely N-dealkylation sites (tertiary alicyclic amines) is 1. The summed E-state index contributed by atoms with van der Waals surface area (Å²) < 4.78 is 0. The van der Waals surface area contributed by atoms with Crippen LogP contribution in [0.2, 0.25) is 0 Å². The predicted molar refractivity (Wildman–Crippen MR) is 69.2 cm³/mol. The van der Waals surface area contributed by atoms with Crippen LogP contribution in [0.3, 0.4) is 0 Å². The lowest BCUT2D eigenvalue weighted by atomic mass is 9.95. The average Bonchev–Trinajstić information content (AvgIpc) is 2.32. The van der Waals surface area contributed by atoms with Crippen molar-refractivity contribution in [2.75, 3.05) is 18.8 Å². The van der Waals surface area contributed by atoms with Gasteiger partial charge in [-0.2, -0.15) is 0 Å². The average molecular weight is 216 g/mol. The van der Waals surface area contributed by atoms with Gasteiger partial charge in [0, 0.05) is 18.3 Å². The second-order valence-electron chi connectivity index (χ2n) is 4.46. The molecule has 1 aliphatic heterocycles. The van der Waals surface area contributed by atoms with E-state index < -0.39 is 0 Å². The first-order chi connectivity index (χ1) is 7.81. The maximum atomic E-state index is 5.72. The molecule has 86 valence electrons. The van der Waals surface area contributed by atoms with Gasteiger partial charge in [0.1, 0.15) is 0 Å². The van der Waals surface area contributed by atoms with Gasteiger partial charge in [-0.25, -0.2) is 0 Å². The first kappa shape index (κ1) is 11.2. The third kappa shape index (κ3) is 2.45. The molecule has 0 saturated carbocycles. The zero-order chi connectivity index (χ0) is 11.4. The zero-order valence-corrected chi connectivity index (χ0v) is 9.73. The van der Waals surface area contributed by atoms with Crippen molar-refractivity contribution in [1.29, 1.82) is 0 Å². The van der Waals surface area contributed by atoms with E-state index in [1.54, 1.807) is 0 Å². The van der Waals surface area contributed by atoms with Crippen LogP contribution >= 0.6 is 0 Å². The Morgan fingerprint density at radius 3 is 2.75 bits per heavy atom. The number of benzene rings is 1. The lowest BCUT2D eigenvalue weighted by Gasteiger charge is -2.35. The molecule has 0 radical (unpaired) electrons. The molecular formula is C14H20N2. The molecule has 1 aromatic carbocycles. The van der Waals surface area contributed by atoms with Crippen molar-refractivity contribution in [1.82, 2.24) is 4.90 Å². The molecule has 16 heavy (non-hydrogen) atoms. The van der Waals surface area contributed by atoms with E-state index in [0.29, 0.717) is 6.04 Å². The van der Waals surface area contributed by atoms with Gasteiger partial charge in [-0.05, 0) is 37.1 Å². The van der Waals surface area contributed by atoms with Crippen LogP contribution in [0.25, 0.3) is 0 Å². The van der Waals surface area contributed by atoms with Gasteiger partial charge in [0.2, 0.25) is 0 Å². The molecule has 0 aromatic heterocycles. The predicted octanol–water partition coefficient (Wildman–Crippen LogP) is 2.98. The first-order valence-electron chi connectivity index (χ1n) is 6.01. The van der Waals surface area contributed by atoms with Crippen molar-refractivity contribution in [3.8, 4) is 0 Å². The number of nitrogen functional groups attached to an aromatic ring is 1. The molecule has 1 heterocycles. The number of hydrogen-bond acceptors (Lipinski definition) is 2. The quantitative estimate of drug-likeness (QED) is 0.621. The van der Waals surface area contributed by atoms with Crippen LogP contribution in [-0.4, -0.2) is 18.0 Å². The van der Waals surface area contributed by atoms with E-state index in [1.807, 2.05) is 18.2 Å². The number of anilines is 1. The molecule has 1 unspecified atom stereocenters. The fourth-order valence-corrected chi connectivity index (χ4v) is 2.47. The van der Waals surface area contributed by atoms with E-state index in [9.17, 15) is 0 Å². The highest BCUT2D eigenvalue weighted by Gasteiger charge is 2.22. The van der Waals surface area contributed by atoms with E-state index in [4.69, 9.17) is 5.73 Å². The maximum absolute atomic E-state index is 5.72. The van der Waals surface area contributed by atoms with Gasteiger partial charge in [-0.1, -0.05) is 24.6 Å². The summed E-state index contributed by atoms with van der Waals surface area (Å²) in [7, 11) is 0. The Hall–Kier alpha value is -1.28. The minimum absolute atomic E-state index is 0.548. The van der Waals surface area contributed by atoms with Crippen molar-refractivity contribution >= 4 is 5.69 Å². The first-order valence-corrected chi connectivity index (χ1v) is 6.01. The Morgan fingerprint density at radius 1 is 1.31 bits per heavy atom. The van der Waals surface area contributed by atoms with Gasteiger partial charge in [0.25, 0.3) is 0 Å². The van der Waals surface area contributed by atoms with Crippen molar-refractivity contribution in [2.24, 2.45) is 0 Å². The molecule has 0 aliphatic carbocycles. The van der Waals surface area contributed by atoms with E-state index >= 15 is 0 Å². The van der Waals surface area contributed by atoms with Crippen LogP contribution in [0.4, 0.5) is 5.69 Å². The maximum Gasteiger partial charge on any atom is 0.0351 e. The topological polar surface area (TPSA) is 29.3 Å². The van der Waals surface area contributed by atoms with E-state index in [2.05, 4.69) is 23.6 Å². The van der Waals surface area contributed by atoms with E-state index in [0.717, 1.165) is 12.2 Å². The molecule has 2 rings (SSSR count). The highest BCUT2D eigenvalue weighted by molar-refractivity contribution is 5.40. The van der Waals surface area contributed by atoms with Crippen molar-refractivity contribution < 1.29 is 0 Å². The van der Waals surface area contributed by atoms with Gasteiger partial charge in [0.15, 0.2) is 0 Å². The monoisotopic (exact) mass is 216 g/mol. The fraction of sp³-hybridized carbons (Fsp3) is 0.429. The van der Waals surface area contributed by atoms with Crippen LogP contribution in [0, 0.1) is 0 Å². The lowest BCUT2D eigenvalue weighted by Crippen LogP contribution is -2.33. The number of nitrogens with zero attached hydrogens (tertiary/aromatic N) is 1. The van der Waals surface area contributed by atoms with E-state index in [-0.39, 0.29) is 0 Å². The molecule has 2 nitrogen and oxygen atoms in total. The SMILES string of the molecule is C=CCN1CCCCC1c1ccc(N)cc1. The minimum atomic E-state index is 0.548. The van der Waals surface area contributed by atoms with Crippen LogP contribution in [0.15, 0.2) is 36.9 Å². The molecule has 0 bridgehead atoms. The normalized spacial score (nSPS) is 21.9. The Labute approximate surface area is 97.8 Å². The molecule has 2 N–H and O–H groups in total. The highest BCUT2D eigenvalue weighted by Crippen LogP contribution is 2.30. The van der Waals surface area contributed by atoms with Gasteiger partial charge >= 0.3 is 0 Å². The summed E-state index contributed by atoms with van der Waals surface area (Å²) in [6, 6.07) is 8.85. The van der Waals surface area contributed by atoms with Gasteiger partial charge in [-0.15, -0.1) is 6.58 Å². The van der Waals surface area contributed by atoms with Crippen molar-refractivity contribution in [3.05, 3.63) is 42.5 Å². The zero-order valence-electron chi connectivity index (χ0n) is 9.73. The molecule has 1 aliphatic rings. The van der Waals surface area contributed by atoms with Crippen molar-refractivity contribution in [3.63, 3.8) is 0 Å².